The molecule has 1 N–H and O–H groups in total. The zero-order chi connectivity index (χ0) is 17.9. The van der Waals surface area contributed by atoms with Crippen LogP contribution < -0.4 is 4.72 Å². The Hall–Kier alpha value is -1.83. The van der Waals surface area contributed by atoms with E-state index in [0.29, 0.717) is 32.1 Å². The van der Waals surface area contributed by atoms with E-state index in [9.17, 15) is 17.2 Å². The zero-order valence-electron chi connectivity index (χ0n) is 13.5. The fourth-order valence-electron chi connectivity index (χ4n) is 3.12. The second kappa shape index (κ2) is 7.19. The van der Waals surface area contributed by atoms with Gasteiger partial charge in [0, 0.05) is 25.2 Å². The largest absolute Gasteiger partial charge is 0.381 e. The molecule has 2 aromatic rings. The van der Waals surface area contributed by atoms with E-state index in [2.05, 4.69) is 4.72 Å². The van der Waals surface area contributed by atoms with Crippen LogP contribution in [-0.2, 0) is 20.2 Å². The number of sulfonamides is 1. The maximum absolute atomic E-state index is 13.8. The van der Waals surface area contributed by atoms with Gasteiger partial charge in [-0.1, -0.05) is 30.3 Å². The summed E-state index contributed by atoms with van der Waals surface area (Å²) >= 11 is 0. The van der Waals surface area contributed by atoms with E-state index in [0.717, 1.165) is 17.7 Å². The Bertz CT molecular complexity index is 835. The quantitative estimate of drug-likeness (QED) is 0.884. The van der Waals surface area contributed by atoms with E-state index in [-0.39, 0.29) is 6.54 Å². The summed E-state index contributed by atoms with van der Waals surface area (Å²) in [4.78, 5) is -0.678. The van der Waals surface area contributed by atoms with Crippen molar-refractivity contribution in [3.63, 3.8) is 0 Å². The van der Waals surface area contributed by atoms with Crippen molar-refractivity contribution in [2.75, 3.05) is 19.8 Å². The molecule has 0 radical (unpaired) electrons. The van der Waals surface area contributed by atoms with Crippen LogP contribution in [0.15, 0.2) is 53.4 Å². The van der Waals surface area contributed by atoms with Crippen molar-refractivity contribution in [3.8, 4) is 0 Å². The van der Waals surface area contributed by atoms with Crippen LogP contribution >= 0.6 is 0 Å². The third-order valence-electron chi connectivity index (χ3n) is 4.62. The van der Waals surface area contributed by atoms with Crippen LogP contribution in [-0.4, -0.2) is 28.2 Å². The van der Waals surface area contributed by atoms with Crippen molar-refractivity contribution in [3.05, 3.63) is 65.7 Å². The lowest BCUT2D eigenvalue weighted by atomic mass is 9.74. The van der Waals surface area contributed by atoms with Gasteiger partial charge in [0.15, 0.2) is 0 Å². The maximum Gasteiger partial charge on any atom is 0.243 e. The van der Waals surface area contributed by atoms with E-state index in [1.807, 2.05) is 30.3 Å². The Kier molecular flexibility index (Phi) is 5.17. The first-order valence-electron chi connectivity index (χ1n) is 8.01. The minimum atomic E-state index is -4.16. The summed E-state index contributed by atoms with van der Waals surface area (Å²) in [5.41, 5.74) is 0.567. The Balaban J connectivity index is 1.87. The molecule has 1 heterocycles. The molecule has 1 aliphatic rings. The molecule has 0 aliphatic carbocycles. The average molecular weight is 367 g/mol. The lowest BCUT2D eigenvalue weighted by molar-refractivity contribution is 0.0517. The van der Waals surface area contributed by atoms with Gasteiger partial charge in [-0.25, -0.2) is 21.9 Å². The zero-order valence-corrected chi connectivity index (χ0v) is 14.4. The van der Waals surface area contributed by atoms with Gasteiger partial charge in [0.05, 0.1) is 0 Å². The average Bonchev–Trinajstić information content (AvgIpc) is 2.63. The lowest BCUT2D eigenvalue weighted by Crippen LogP contribution is -2.44. The maximum atomic E-state index is 13.8. The summed E-state index contributed by atoms with van der Waals surface area (Å²) in [5.74, 6) is -1.78. The molecule has 0 amide bonds. The molecular weight excluding hydrogens is 348 g/mol. The van der Waals surface area contributed by atoms with E-state index in [1.54, 1.807) is 0 Å². The number of halogens is 2. The number of benzene rings is 2. The summed E-state index contributed by atoms with van der Waals surface area (Å²) in [7, 11) is -4.16. The van der Waals surface area contributed by atoms with Crippen LogP contribution in [0.3, 0.4) is 0 Å². The van der Waals surface area contributed by atoms with Crippen LogP contribution in [0.2, 0.25) is 0 Å². The van der Waals surface area contributed by atoms with E-state index in [4.69, 9.17) is 4.74 Å². The minimum absolute atomic E-state index is 0.0959. The van der Waals surface area contributed by atoms with Crippen molar-refractivity contribution in [2.45, 2.75) is 23.2 Å². The lowest BCUT2D eigenvalue weighted by Gasteiger charge is -2.37. The first-order valence-corrected chi connectivity index (χ1v) is 9.49. The highest BCUT2D eigenvalue weighted by atomic mass is 32.2. The standard InChI is InChI=1S/C18H19F2NO3S/c19-15-6-7-16(20)17(12-15)25(22,23)21-13-18(8-10-24-11-9-18)14-4-2-1-3-5-14/h1-7,12,21H,8-11,13H2. The van der Waals surface area contributed by atoms with Crippen molar-refractivity contribution >= 4 is 10.0 Å². The second-order valence-corrected chi connectivity index (χ2v) is 7.89. The van der Waals surface area contributed by atoms with Crippen LogP contribution in [0.5, 0.6) is 0 Å². The Morgan fingerprint density at radius 2 is 1.72 bits per heavy atom. The fraction of sp³-hybridized carbons (Fsp3) is 0.333. The summed E-state index contributed by atoms with van der Waals surface area (Å²) in [6.45, 7) is 1.13. The van der Waals surface area contributed by atoms with Crippen molar-refractivity contribution in [1.29, 1.82) is 0 Å². The SMILES string of the molecule is O=S(=O)(NCC1(c2ccccc2)CCOCC1)c1cc(F)ccc1F. The van der Waals surface area contributed by atoms with Gasteiger partial charge in [0.2, 0.25) is 10.0 Å². The highest BCUT2D eigenvalue weighted by Crippen LogP contribution is 2.34. The van der Waals surface area contributed by atoms with E-state index < -0.39 is 32.0 Å². The molecule has 4 nitrogen and oxygen atoms in total. The van der Waals surface area contributed by atoms with Crippen molar-refractivity contribution < 1.29 is 21.9 Å². The molecule has 7 heteroatoms. The van der Waals surface area contributed by atoms with Gasteiger partial charge in [-0.2, -0.15) is 0 Å². The number of ether oxygens (including phenoxy) is 1. The predicted octanol–water partition coefficient (Wildman–Crippen LogP) is 2.99. The first-order chi connectivity index (χ1) is 11.9. The third kappa shape index (κ3) is 3.89. The van der Waals surface area contributed by atoms with E-state index in [1.165, 1.54) is 0 Å². The van der Waals surface area contributed by atoms with Crippen LogP contribution in [0.25, 0.3) is 0 Å². The van der Waals surface area contributed by atoms with Crippen LogP contribution in [0, 0.1) is 11.6 Å². The molecule has 0 aromatic heterocycles. The molecule has 0 spiro atoms. The Morgan fingerprint density at radius 1 is 1.04 bits per heavy atom. The molecule has 3 rings (SSSR count). The summed E-state index contributed by atoms with van der Waals surface area (Å²) < 4.78 is 60.0. The molecule has 0 saturated carbocycles. The number of rotatable bonds is 5. The van der Waals surface area contributed by atoms with Gasteiger partial charge >= 0.3 is 0 Å². The van der Waals surface area contributed by atoms with Crippen LogP contribution in [0.1, 0.15) is 18.4 Å². The van der Waals surface area contributed by atoms with E-state index >= 15 is 0 Å². The van der Waals surface area contributed by atoms with Gasteiger partial charge in [0.1, 0.15) is 16.5 Å². The molecule has 25 heavy (non-hydrogen) atoms. The Labute approximate surface area is 145 Å². The second-order valence-electron chi connectivity index (χ2n) is 6.16. The van der Waals surface area contributed by atoms with Gasteiger partial charge in [-0.3, -0.25) is 0 Å². The third-order valence-corrected chi connectivity index (χ3v) is 6.04. The molecule has 2 aromatic carbocycles. The monoisotopic (exact) mass is 367 g/mol. The van der Waals surface area contributed by atoms with Crippen molar-refractivity contribution in [1.82, 2.24) is 4.72 Å². The van der Waals surface area contributed by atoms with Gasteiger partial charge in [-0.15, -0.1) is 0 Å². The number of hydrogen-bond donors (Lipinski definition) is 1. The fourth-order valence-corrected chi connectivity index (χ4v) is 4.33. The van der Waals surface area contributed by atoms with Gasteiger partial charge in [0.25, 0.3) is 0 Å². The summed E-state index contributed by atoms with van der Waals surface area (Å²) in [5, 5.41) is 0. The molecule has 134 valence electrons. The minimum Gasteiger partial charge on any atom is -0.381 e. The van der Waals surface area contributed by atoms with Crippen molar-refractivity contribution in [2.24, 2.45) is 0 Å². The highest BCUT2D eigenvalue weighted by molar-refractivity contribution is 7.89. The number of hydrogen-bond acceptors (Lipinski definition) is 3. The first kappa shape index (κ1) is 18.0. The predicted molar refractivity (Wildman–Crippen MR) is 89.7 cm³/mol. The summed E-state index contributed by atoms with van der Waals surface area (Å²) in [6.07, 6.45) is 1.29. The highest BCUT2D eigenvalue weighted by Gasteiger charge is 2.36. The normalized spacial score (nSPS) is 17.4. The molecule has 0 unspecified atom stereocenters. The topological polar surface area (TPSA) is 55.4 Å². The molecule has 0 atom stereocenters. The molecule has 1 fully saturated rings. The Morgan fingerprint density at radius 3 is 2.40 bits per heavy atom. The molecule has 1 aliphatic heterocycles. The molecule has 0 bridgehead atoms. The molecular formula is C18H19F2NO3S. The van der Waals surface area contributed by atoms with Gasteiger partial charge in [-0.05, 0) is 36.6 Å². The van der Waals surface area contributed by atoms with Gasteiger partial charge < -0.3 is 4.74 Å². The molecule has 1 saturated heterocycles. The number of nitrogens with one attached hydrogen (secondary N) is 1. The summed E-state index contributed by atoms with van der Waals surface area (Å²) in [6, 6.07) is 12.0. The van der Waals surface area contributed by atoms with Crippen LogP contribution in [0.4, 0.5) is 8.78 Å². The smallest absolute Gasteiger partial charge is 0.243 e.